The number of benzene rings is 1. The zero-order chi connectivity index (χ0) is 14.4. The number of nitrogens with zero attached hydrogens (tertiary/aromatic N) is 1. The maximum Gasteiger partial charge on any atom is 0.146 e. The van der Waals surface area contributed by atoms with Crippen LogP contribution >= 0.6 is 11.6 Å². The van der Waals surface area contributed by atoms with Crippen molar-refractivity contribution >= 4 is 11.6 Å². The fraction of sp³-hybridized carbons (Fsp3) is 0.647. The van der Waals surface area contributed by atoms with Crippen molar-refractivity contribution in [2.24, 2.45) is 11.8 Å². The van der Waals surface area contributed by atoms with Crippen molar-refractivity contribution in [3.63, 3.8) is 0 Å². The number of hydrogen-bond donors (Lipinski definition) is 1. The number of hydrogen-bond acceptors (Lipinski definition) is 2. The van der Waals surface area contributed by atoms with Gasteiger partial charge in [0.2, 0.25) is 0 Å². The predicted octanol–water partition coefficient (Wildman–Crippen LogP) is 3.44. The van der Waals surface area contributed by atoms with Crippen molar-refractivity contribution in [2.45, 2.75) is 44.3 Å². The van der Waals surface area contributed by atoms with E-state index in [1.54, 1.807) is 6.07 Å². The third kappa shape index (κ3) is 2.96. The van der Waals surface area contributed by atoms with E-state index in [0.717, 1.165) is 30.5 Å². The highest BCUT2D eigenvalue weighted by atomic mass is 35.5. The molecule has 2 aliphatic carbocycles. The van der Waals surface area contributed by atoms with Crippen LogP contribution in [0.15, 0.2) is 18.2 Å². The summed E-state index contributed by atoms with van der Waals surface area (Å²) in [5.41, 5.74) is 0.740. The molecule has 0 radical (unpaired) electrons. The van der Waals surface area contributed by atoms with Crippen LogP contribution in [-0.2, 0) is 6.54 Å². The van der Waals surface area contributed by atoms with E-state index in [2.05, 4.69) is 10.2 Å². The van der Waals surface area contributed by atoms with Crippen molar-refractivity contribution < 1.29 is 4.39 Å². The summed E-state index contributed by atoms with van der Waals surface area (Å²) >= 11 is 5.93. The normalized spacial score (nSPS) is 30.6. The first-order chi connectivity index (χ1) is 10.2. The Morgan fingerprint density at radius 3 is 2.67 bits per heavy atom. The average molecular weight is 309 g/mol. The molecule has 21 heavy (non-hydrogen) atoms. The molecule has 0 amide bonds. The Kier molecular flexibility index (Phi) is 3.68. The first-order valence-corrected chi connectivity index (χ1v) is 8.50. The molecule has 1 heterocycles. The van der Waals surface area contributed by atoms with E-state index in [1.165, 1.54) is 25.7 Å². The summed E-state index contributed by atoms with van der Waals surface area (Å²) in [6.07, 6.45) is 5.36. The van der Waals surface area contributed by atoms with Gasteiger partial charge in [0.15, 0.2) is 0 Å². The monoisotopic (exact) mass is 308 g/mol. The molecular formula is C17H22ClFN2. The Labute approximate surface area is 130 Å². The summed E-state index contributed by atoms with van der Waals surface area (Å²) in [5, 5.41) is 3.97. The van der Waals surface area contributed by atoms with E-state index in [0.29, 0.717) is 18.6 Å². The van der Waals surface area contributed by atoms with Crippen LogP contribution in [0, 0.1) is 17.7 Å². The molecule has 2 saturated carbocycles. The Hall–Kier alpha value is -0.640. The van der Waals surface area contributed by atoms with Crippen molar-refractivity contribution in [1.29, 1.82) is 0 Å². The van der Waals surface area contributed by atoms with E-state index >= 15 is 0 Å². The molecular weight excluding hydrogens is 287 g/mol. The van der Waals surface area contributed by atoms with Gasteiger partial charge in [0.25, 0.3) is 0 Å². The minimum Gasteiger partial charge on any atom is -0.311 e. The zero-order valence-electron chi connectivity index (χ0n) is 12.2. The smallest absolute Gasteiger partial charge is 0.146 e. The highest BCUT2D eigenvalue weighted by Gasteiger charge is 2.42. The van der Waals surface area contributed by atoms with E-state index in [9.17, 15) is 4.39 Å². The van der Waals surface area contributed by atoms with Crippen LogP contribution in [0.25, 0.3) is 0 Å². The number of nitrogens with one attached hydrogen (secondary N) is 1. The van der Waals surface area contributed by atoms with Gasteiger partial charge in [-0.15, -0.1) is 0 Å². The van der Waals surface area contributed by atoms with Crippen LogP contribution in [0.4, 0.5) is 4.39 Å². The Morgan fingerprint density at radius 1 is 1.19 bits per heavy atom. The Balaban J connectivity index is 1.52. The topological polar surface area (TPSA) is 15.3 Å². The van der Waals surface area contributed by atoms with E-state index in [1.807, 2.05) is 12.1 Å². The van der Waals surface area contributed by atoms with Gasteiger partial charge in [-0.3, -0.25) is 4.90 Å². The molecule has 2 unspecified atom stereocenters. The van der Waals surface area contributed by atoms with Crippen molar-refractivity contribution in [3.05, 3.63) is 34.6 Å². The molecule has 0 spiro atoms. The molecule has 2 atom stereocenters. The van der Waals surface area contributed by atoms with E-state index in [-0.39, 0.29) is 10.8 Å². The number of piperazine rings is 1. The summed E-state index contributed by atoms with van der Waals surface area (Å²) in [6.45, 7) is 2.81. The predicted molar refractivity (Wildman–Crippen MR) is 82.8 cm³/mol. The fourth-order valence-electron chi connectivity index (χ4n) is 3.69. The maximum absolute atomic E-state index is 14.2. The Bertz CT molecular complexity index is 528. The molecule has 1 N–H and O–H groups in total. The first-order valence-electron chi connectivity index (χ1n) is 8.12. The lowest BCUT2D eigenvalue weighted by Gasteiger charge is -2.41. The molecule has 1 saturated heterocycles. The maximum atomic E-state index is 14.2. The molecule has 3 aliphatic rings. The lowest BCUT2D eigenvalue weighted by Crippen LogP contribution is -2.57. The summed E-state index contributed by atoms with van der Waals surface area (Å²) < 4.78 is 14.2. The second-order valence-corrected chi connectivity index (χ2v) is 7.31. The zero-order valence-corrected chi connectivity index (χ0v) is 13.0. The van der Waals surface area contributed by atoms with Crippen LogP contribution in [0.1, 0.15) is 31.2 Å². The molecule has 4 heteroatoms. The van der Waals surface area contributed by atoms with Gasteiger partial charge in [0, 0.05) is 37.3 Å². The van der Waals surface area contributed by atoms with E-state index < -0.39 is 0 Å². The van der Waals surface area contributed by atoms with Gasteiger partial charge in [-0.25, -0.2) is 4.39 Å². The highest BCUT2D eigenvalue weighted by molar-refractivity contribution is 6.30. The lowest BCUT2D eigenvalue weighted by molar-refractivity contribution is 0.0992. The Morgan fingerprint density at radius 2 is 1.95 bits per heavy atom. The fourth-order valence-corrected chi connectivity index (χ4v) is 3.88. The molecule has 0 bridgehead atoms. The second kappa shape index (κ2) is 5.53. The molecule has 4 rings (SSSR count). The molecule has 1 aromatic rings. The molecule has 2 nitrogen and oxygen atoms in total. The van der Waals surface area contributed by atoms with Crippen LogP contribution in [-0.4, -0.2) is 30.1 Å². The van der Waals surface area contributed by atoms with Crippen LogP contribution in [0.2, 0.25) is 5.02 Å². The van der Waals surface area contributed by atoms with E-state index in [4.69, 9.17) is 11.6 Å². The molecule has 1 aromatic carbocycles. The van der Waals surface area contributed by atoms with Gasteiger partial charge in [0.05, 0.1) is 5.02 Å². The quantitative estimate of drug-likeness (QED) is 0.916. The largest absolute Gasteiger partial charge is 0.311 e. The second-order valence-electron chi connectivity index (χ2n) is 6.90. The minimum absolute atomic E-state index is 0.240. The first kappa shape index (κ1) is 14.0. The third-order valence-electron chi connectivity index (χ3n) is 5.25. The van der Waals surface area contributed by atoms with Crippen molar-refractivity contribution in [3.8, 4) is 0 Å². The van der Waals surface area contributed by atoms with Gasteiger partial charge in [-0.1, -0.05) is 23.7 Å². The van der Waals surface area contributed by atoms with Gasteiger partial charge < -0.3 is 5.32 Å². The summed E-state index contributed by atoms with van der Waals surface area (Å²) in [7, 11) is 0. The average Bonchev–Trinajstić information content (AvgIpc) is 3.37. The van der Waals surface area contributed by atoms with Gasteiger partial charge in [0.1, 0.15) is 5.82 Å². The van der Waals surface area contributed by atoms with Crippen LogP contribution < -0.4 is 5.32 Å². The van der Waals surface area contributed by atoms with Crippen molar-refractivity contribution in [2.75, 3.05) is 13.1 Å². The summed E-state index contributed by atoms with van der Waals surface area (Å²) in [5.74, 6) is 1.41. The minimum atomic E-state index is -0.241. The lowest BCUT2D eigenvalue weighted by atomic mass is 10.0. The van der Waals surface area contributed by atoms with Gasteiger partial charge in [-0.2, -0.15) is 0 Å². The third-order valence-corrected chi connectivity index (χ3v) is 5.54. The van der Waals surface area contributed by atoms with Crippen molar-refractivity contribution in [1.82, 2.24) is 10.2 Å². The van der Waals surface area contributed by atoms with Gasteiger partial charge >= 0.3 is 0 Å². The molecule has 1 aliphatic heterocycles. The SMILES string of the molecule is Fc1c(Cl)cccc1CN1CC(C2CC2)NCC1C1CC1. The molecule has 0 aromatic heterocycles. The molecule has 114 valence electrons. The van der Waals surface area contributed by atoms with Gasteiger partial charge in [-0.05, 0) is 43.6 Å². The molecule has 3 fully saturated rings. The highest BCUT2D eigenvalue weighted by Crippen LogP contribution is 2.40. The number of rotatable bonds is 4. The summed E-state index contributed by atoms with van der Waals surface area (Å²) in [6, 6.07) is 6.52. The van der Waals surface area contributed by atoms with Crippen LogP contribution in [0.5, 0.6) is 0 Å². The summed E-state index contributed by atoms with van der Waals surface area (Å²) in [4.78, 5) is 2.51. The number of halogens is 2. The standard InChI is InChI=1S/C17H22ClFN2/c18-14-3-1-2-13(17(14)19)9-21-10-15(11-4-5-11)20-8-16(21)12-6-7-12/h1-3,11-12,15-16,20H,4-10H2. The van der Waals surface area contributed by atoms with Crippen LogP contribution in [0.3, 0.4) is 0 Å².